The van der Waals surface area contributed by atoms with Gasteiger partial charge in [-0.15, -0.1) is 0 Å². The molecule has 1 aliphatic rings. The van der Waals surface area contributed by atoms with E-state index in [2.05, 4.69) is 76.4 Å². The van der Waals surface area contributed by atoms with E-state index < -0.39 is 0 Å². The summed E-state index contributed by atoms with van der Waals surface area (Å²) < 4.78 is 3.05. The van der Waals surface area contributed by atoms with Crippen molar-refractivity contribution < 1.29 is 0 Å². The Morgan fingerprint density at radius 2 is 2.06 bits per heavy atom. The third-order valence-electron chi connectivity index (χ3n) is 2.26. The highest BCUT2D eigenvalue weighted by atomic mass is 79.9. The van der Waals surface area contributed by atoms with E-state index in [1.165, 1.54) is 0 Å². The molecule has 0 bridgehead atoms. The first kappa shape index (κ1) is 12.4. The molecule has 0 fully saturated rings. The zero-order chi connectivity index (χ0) is 11.7. The molecule has 0 atom stereocenters. The monoisotopic (exact) mass is 409 g/mol. The quantitative estimate of drug-likeness (QED) is 0.692. The molecule has 16 heavy (non-hydrogen) atoms. The van der Waals surface area contributed by atoms with Crippen LogP contribution in [0.25, 0.3) is 0 Å². The van der Waals surface area contributed by atoms with Crippen LogP contribution < -0.4 is 10.6 Å². The average Bonchev–Trinajstić information content (AvgIpc) is 2.74. The number of anilines is 1. The van der Waals surface area contributed by atoms with Gasteiger partial charge in [0.2, 0.25) is 0 Å². The smallest absolute Gasteiger partial charge is 0.195 e. The summed E-state index contributed by atoms with van der Waals surface area (Å²) in [6, 6.07) is 2.06. The van der Waals surface area contributed by atoms with Crippen molar-refractivity contribution in [1.29, 1.82) is 0 Å². The van der Waals surface area contributed by atoms with Gasteiger partial charge in [0.05, 0.1) is 16.7 Å². The zero-order valence-electron chi connectivity index (χ0n) is 8.57. The molecule has 1 aromatic carbocycles. The molecule has 0 unspecified atom stereocenters. The molecule has 6 heteroatoms. The predicted molar refractivity (Wildman–Crippen MR) is 78.2 cm³/mol. The van der Waals surface area contributed by atoms with Crippen LogP contribution in [-0.4, -0.2) is 19.0 Å². The van der Waals surface area contributed by atoms with E-state index in [0.717, 1.165) is 43.7 Å². The number of aryl methyl sites for hydroxylation is 1. The maximum Gasteiger partial charge on any atom is 0.195 e. The van der Waals surface area contributed by atoms with Gasteiger partial charge in [0.15, 0.2) is 5.96 Å². The highest BCUT2D eigenvalue weighted by Gasteiger charge is 2.14. The number of halogens is 3. The summed E-state index contributed by atoms with van der Waals surface area (Å²) in [6.45, 7) is 3.77. The standard InChI is InChI=1S/C10H10Br3N3/c1-5-4-6(11)8(13)9(7(5)12)16-10-14-2-3-15-10/h4H,2-3H2,1H3,(H2,14,15,16). The summed E-state index contributed by atoms with van der Waals surface area (Å²) in [5, 5.41) is 6.45. The number of aliphatic imine (C=N–C) groups is 1. The molecule has 0 saturated heterocycles. The van der Waals surface area contributed by atoms with E-state index >= 15 is 0 Å². The maximum atomic E-state index is 4.31. The lowest BCUT2D eigenvalue weighted by Gasteiger charge is -2.14. The maximum absolute atomic E-state index is 4.31. The molecular weight excluding hydrogens is 402 g/mol. The van der Waals surface area contributed by atoms with Gasteiger partial charge in [-0.2, -0.15) is 0 Å². The Morgan fingerprint density at radius 1 is 1.31 bits per heavy atom. The van der Waals surface area contributed by atoms with Gasteiger partial charge in [0.1, 0.15) is 0 Å². The van der Waals surface area contributed by atoms with Crippen molar-refractivity contribution in [2.45, 2.75) is 6.92 Å². The minimum atomic E-state index is 0.818. The largest absolute Gasteiger partial charge is 0.354 e. The van der Waals surface area contributed by atoms with Gasteiger partial charge < -0.3 is 10.6 Å². The van der Waals surface area contributed by atoms with Gasteiger partial charge in [-0.05, 0) is 66.3 Å². The Hall–Kier alpha value is -0.0700. The first-order valence-corrected chi connectivity index (χ1v) is 7.17. The van der Waals surface area contributed by atoms with Crippen LogP contribution >= 0.6 is 47.8 Å². The Labute approximate surface area is 119 Å². The zero-order valence-corrected chi connectivity index (χ0v) is 13.3. The van der Waals surface area contributed by atoms with Crippen molar-refractivity contribution in [2.24, 2.45) is 4.99 Å². The third-order valence-corrected chi connectivity index (χ3v) is 5.26. The third kappa shape index (κ3) is 2.43. The average molecular weight is 412 g/mol. The summed E-state index contributed by atoms with van der Waals surface area (Å²) in [6.07, 6.45) is 0. The second-order valence-electron chi connectivity index (χ2n) is 3.46. The molecule has 0 radical (unpaired) electrons. The second kappa shape index (κ2) is 5.06. The van der Waals surface area contributed by atoms with Crippen LogP contribution in [-0.2, 0) is 0 Å². The topological polar surface area (TPSA) is 36.4 Å². The molecule has 1 aromatic rings. The number of hydrogen-bond donors (Lipinski definition) is 2. The van der Waals surface area contributed by atoms with Crippen molar-refractivity contribution >= 4 is 59.4 Å². The van der Waals surface area contributed by atoms with E-state index in [4.69, 9.17) is 0 Å². The molecule has 1 heterocycles. The number of rotatable bonds is 1. The lowest BCUT2D eigenvalue weighted by atomic mass is 10.2. The van der Waals surface area contributed by atoms with Gasteiger partial charge in [-0.25, -0.2) is 0 Å². The van der Waals surface area contributed by atoms with Crippen molar-refractivity contribution in [2.75, 3.05) is 18.4 Å². The summed E-state index contributed by atoms with van der Waals surface area (Å²) >= 11 is 10.6. The molecular formula is C10H10Br3N3. The molecule has 2 N–H and O–H groups in total. The Morgan fingerprint density at radius 3 is 2.69 bits per heavy atom. The van der Waals surface area contributed by atoms with E-state index in [1.807, 2.05) is 0 Å². The first-order valence-electron chi connectivity index (χ1n) is 4.79. The molecule has 0 aromatic heterocycles. The number of hydrogen-bond acceptors (Lipinski definition) is 3. The van der Waals surface area contributed by atoms with Gasteiger partial charge in [-0.3, -0.25) is 4.99 Å². The molecule has 0 aliphatic carbocycles. The highest BCUT2D eigenvalue weighted by molar-refractivity contribution is 9.13. The summed E-state index contributed by atoms with van der Waals surface area (Å²) in [5.74, 6) is 0.818. The van der Waals surface area contributed by atoms with Crippen LogP contribution in [0.3, 0.4) is 0 Å². The lowest BCUT2D eigenvalue weighted by Crippen LogP contribution is -2.26. The number of nitrogens with zero attached hydrogens (tertiary/aromatic N) is 1. The number of nitrogens with one attached hydrogen (secondary N) is 2. The normalized spacial score (nSPS) is 14.6. The lowest BCUT2D eigenvalue weighted by molar-refractivity contribution is 0.959. The van der Waals surface area contributed by atoms with E-state index in [1.54, 1.807) is 0 Å². The van der Waals surface area contributed by atoms with Gasteiger partial charge in [-0.1, -0.05) is 0 Å². The molecule has 1 aliphatic heterocycles. The molecule has 0 spiro atoms. The summed E-state index contributed by atoms with van der Waals surface area (Å²) in [7, 11) is 0. The van der Waals surface area contributed by atoms with Crippen molar-refractivity contribution in [3.05, 3.63) is 25.0 Å². The van der Waals surface area contributed by atoms with Crippen LogP contribution in [0.15, 0.2) is 24.5 Å². The minimum Gasteiger partial charge on any atom is -0.354 e. The molecule has 0 saturated carbocycles. The fourth-order valence-electron chi connectivity index (χ4n) is 1.44. The van der Waals surface area contributed by atoms with Crippen LogP contribution in [0, 0.1) is 6.92 Å². The Bertz CT molecular complexity index is 431. The van der Waals surface area contributed by atoms with E-state index in [9.17, 15) is 0 Å². The van der Waals surface area contributed by atoms with Crippen molar-refractivity contribution in [3.63, 3.8) is 0 Å². The summed E-state index contributed by atoms with van der Waals surface area (Å²) in [4.78, 5) is 4.31. The van der Waals surface area contributed by atoms with E-state index in [0.29, 0.717) is 0 Å². The van der Waals surface area contributed by atoms with Crippen LogP contribution in [0.4, 0.5) is 5.69 Å². The fraction of sp³-hybridized carbons (Fsp3) is 0.300. The molecule has 2 rings (SSSR count). The summed E-state index contributed by atoms with van der Waals surface area (Å²) in [5.41, 5.74) is 2.15. The minimum absolute atomic E-state index is 0.818. The number of benzene rings is 1. The van der Waals surface area contributed by atoms with Gasteiger partial charge in [0, 0.05) is 15.5 Å². The molecule has 0 amide bonds. The molecule has 3 nitrogen and oxygen atoms in total. The highest BCUT2D eigenvalue weighted by Crippen LogP contribution is 2.39. The Kier molecular flexibility index (Phi) is 3.92. The SMILES string of the molecule is Cc1cc(Br)c(Br)c(NC2=NCCN2)c1Br. The predicted octanol–water partition coefficient (Wildman–Crippen LogP) is 3.65. The van der Waals surface area contributed by atoms with Crippen LogP contribution in [0.5, 0.6) is 0 Å². The molecule has 86 valence electrons. The number of guanidine groups is 1. The van der Waals surface area contributed by atoms with Gasteiger partial charge >= 0.3 is 0 Å². The van der Waals surface area contributed by atoms with Crippen molar-refractivity contribution in [3.8, 4) is 0 Å². The van der Waals surface area contributed by atoms with E-state index in [-0.39, 0.29) is 0 Å². The second-order valence-corrected chi connectivity index (χ2v) is 5.90. The van der Waals surface area contributed by atoms with Crippen molar-refractivity contribution in [1.82, 2.24) is 5.32 Å². The van der Waals surface area contributed by atoms with Crippen LogP contribution in [0.2, 0.25) is 0 Å². The fourth-order valence-corrected chi connectivity index (χ4v) is 3.07. The first-order chi connectivity index (χ1) is 7.59. The Balaban J connectivity index is 2.38. The van der Waals surface area contributed by atoms with Crippen LogP contribution in [0.1, 0.15) is 5.56 Å². The van der Waals surface area contributed by atoms with Gasteiger partial charge in [0.25, 0.3) is 0 Å².